The molecule has 0 bridgehead atoms. The number of hydrogen-bond acceptors (Lipinski definition) is 4. The molecular weight excluding hydrogens is 420 g/mol. The van der Waals surface area contributed by atoms with Gasteiger partial charge >= 0.3 is 12.1 Å². The first-order valence-corrected chi connectivity index (χ1v) is 11.6. The number of benzene rings is 2. The minimum atomic E-state index is -1.05. The summed E-state index contributed by atoms with van der Waals surface area (Å²) in [6.45, 7) is 0.273. The van der Waals surface area contributed by atoms with Crippen LogP contribution in [0.3, 0.4) is 0 Å². The van der Waals surface area contributed by atoms with Gasteiger partial charge in [-0.25, -0.2) is 9.59 Å². The number of alkyl carbamates (subject to hydrolysis) is 1. The molecule has 0 radical (unpaired) electrons. The molecule has 0 unspecified atom stereocenters. The van der Waals surface area contributed by atoms with Gasteiger partial charge in [0, 0.05) is 17.9 Å². The predicted molar refractivity (Wildman–Crippen MR) is 122 cm³/mol. The van der Waals surface area contributed by atoms with Crippen LogP contribution in [0.4, 0.5) is 4.79 Å². The first kappa shape index (κ1) is 21.5. The number of carboxylic acid groups (broad SMARTS) is 1. The van der Waals surface area contributed by atoms with E-state index in [1.807, 2.05) is 24.3 Å². The number of fused-ring (bicyclic) bond motifs is 3. The molecule has 5 rings (SSSR count). The summed E-state index contributed by atoms with van der Waals surface area (Å²) in [4.78, 5) is 36.2. The molecule has 0 heterocycles. The van der Waals surface area contributed by atoms with Crippen molar-refractivity contribution < 1.29 is 24.2 Å². The van der Waals surface area contributed by atoms with Crippen molar-refractivity contribution in [2.45, 2.75) is 56.0 Å². The lowest BCUT2D eigenvalue weighted by atomic mass is 9.85. The topological polar surface area (TPSA) is 105 Å². The van der Waals surface area contributed by atoms with Crippen LogP contribution in [-0.4, -0.2) is 41.3 Å². The minimum Gasteiger partial charge on any atom is -0.480 e. The van der Waals surface area contributed by atoms with E-state index in [2.05, 4.69) is 34.9 Å². The number of nitrogens with one attached hydrogen (secondary N) is 2. The molecule has 3 N–H and O–H groups in total. The molecule has 0 aromatic heterocycles. The van der Waals surface area contributed by atoms with Crippen molar-refractivity contribution in [3.63, 3.8) is 0 Å². The molecule has 3 aliphatic carbocycles. The van der Waals surface area contributed by atoms with Crippen molar-refractivity contribution in [1.29, 1.82) is 0 Å². The van der Waals surface area contributed by atoms with Gasteiger partial charge in [-0.15, -0.1) is 0 Å². The Balaban J connectivity index is 1.11. The molecule has 172 valence electrons. The third-order valence-electron chi connectivity index (χ3n) is 7.29. The monoisotopic (exact) mass is 448 g/mol. The van der Waals surface area contributed by atoms with Crippen molar-refractivity contribution >= 4 is 18.0 Å². The molecule has 3 aliphatic rings. The Bertz CT molecular complexity index is 1040. The average Bonchev–Trinajstić information content (AvgIpc) is 3.54. The summed E-state index contributed by atoms with van der Waals surface area (Å²) < 4.78 is 5.62. The van der Waals surface area contributed by atoms with Crippen LogP contribution in [0.2, 0.25) is 0 Å². The van der Waals surface area contributed by atoms with E-state index in [1.165, 1.54) is 22.3 Å². The van der Waals surface area contributed by atoms with Crippen LogP contribution in [0.15, 0.2) is 48.5 Å². The Morgan fingerprint density at radius 3 is 2.03 bits per heavy atom. The fraction of sp³-hybridized carbons (Fsp3) is 0.423. The average molecular weight is 449 g/mol. The molecule has 33 heavy (non-hydrogen) atoms. The summed E-state index contributed by atoms with van der Waals surface area (Å²) in [5.74, 6) is -1.33. The lowest BCUT2D eigenvalue weighted by Gasteiger charge is -2.29. The van der Waals surface area contributed by atoms with Crippen LogP contribution in [0.5, 0.6) is 0 Å². The highest BCUT2D eigenvalue weighted by Gasteiger charge is 2.52. The summed E-state index contributed by atoms with van der Waals surface area (Å²) in [6.07, 6.45) is 3.13. The van der Waals surface area contributed by atoms with E-state index in [-0.39, 0.29) is 30.4 Å². The number of amides is 2. The Kier molecular flexibility index (Phi) is 5.56. The Morgan fingerprint density at radius 2 is 1.48 bits per heavy atom. The first-order chi connectivity index (χ1) is 16.0. The molecule has 0 aliphatic heterocycles. The highest BCUT2D eigenvalue weighted by molar-refractivity contribution is 5.90. The molecule has 7 heteroatoms. The first-order valence-electron chi connectivity index (χ1n) is 11.6. The number of ether oxygens (including phenoxy) is 1. The molecule has 7 nitrogen and oxygen atoms in total. The van der Waals surface area contributed by atoms with Gasteiger partial charge in [0.1, 0.15) is 12.1 Å². The van der Waals surface area contributed by atoms with E-state index in [0.29, 0.717) is 38.5 Å². The maximum atomic E-state index is 12.5. The van der Waals surface area contributed by atoms with Crippen molar-refractivity contribution in [1.82, 2.24) is 10.6 Å². The number of carboxylic acids is 1. The zero-order valence-electron chi connectivity index (χ0n) is 18.4. The van der Waals surface area contributed by atoms with Crippen molar-refractivity contribution in [2.75, 3.05) is 6.61 Å². The van der Waals surface area contributed by atoms with Crippen LogP contribution in [-0.2, 0) is 14.3 Å². The van der Waals surface area contributed by atoms with E-state index in [9.17, 15) is 19.5 Å². The van der Waals surface area contributed by atoms with Crippen molar-refractivity contribution in [3.8, 4) is 11.1 Å². The van der Waals surface area contributed by atoms with Gasteiger partial charge in [0.15, 0.2) is 0 Å². The van der Waals surface area contributed by atoms with Crippen LogP contribution in [0.25, 0.3) is 11.1 Å². The Morgan fingerprint density at radius 1 is 0.909 bits per heavy atom. The highest BCUT2D eigenvalue weighted by Crippen LogP contribution is 2.44. The van der Waals surface area contributed by atoms with Crippen molar-refractivity contribution in [2.24, 2.45) is 5.92 Å². The van der Waals surface area contributed by atoms with Crippen LogP contribution >= 0.6 is 0 Å². The number of aliphatic carboxylic acids is 1. The minimum absolute atomic E-state index is 0.0200. The molecule has 0 spiro atoms. The molecular formula is C26H28N2O5. The molecule has 0 atom stereocenters. The second kappa shape index (κ2) is 8.54. The summed E-state index contributed by atoms with van der Waals surface area (Å²) >= 11 is 0. The van der Waals surface area contributed by atoms with Gasteiger partial charge in [-0.3, -0.25) is 4.79 Å². The van der Waals surface area contributed by atoms with Crippen molar-refractivity contribution in [3.05, 3.63) is 59.7 Å². The summed E-state index contributed by atoms with van der Waals surface area (Å²) in [5.41, 5.74) is 3.68. The fourth-order valence-electron chi connectivity index (χ4n) is 5.16. The third-order valence-corrected chi connectivity index (χ3v) is 7.29. The van der Waals surface area contributed by atoms with E-state index in [0.717, 1.165) is 0 Å². The summed E-state index contributed by atoms with van der Waals surface area (Å²) in [7, 11) is 0. The van der Waals surface area contributed by atoms with E-state index >= 15 is 0 Å². The zero-order valence-corrected chi connectivity index (χ0v) is 18.4. The van der Waals surface area contributed by atoms with Crippen LogP contribution in [0.1, 0.15) is 55.6 Å². The molecule has 2 aromatic carbocycles. The normalized spacial score (nSPS) is 22.5. The largest absolute Gasteiger partial charge is 0.480 e. The Hall–Kier alpha value is -3.35. The SMILES string of the molecule is O=C(NC1CCC(C(=O)NC2(C(=O)O)CC2)CC1)OCC1c2ccccc2-c2ccccc21. The van der Waals surface area contributed by atoms with Gasteiger partial charge in [0.05, 0.1) is 0 Å². The smallest absolute Gasteiger partial charge is 0.407 e. The summed E-state index contributed by atoms with van der Waals surface area (Å²) in [6, 6.07) is 16.4. The molecule has 2 aromatic rings. The number of rotatable bonds is 6. The maximum Gasteiger partial charge on any atom is 0.407 e. The second-order valence-electron chi connectivity index (χ2n) is 9.39. The standard InChI is InChI=1S/C26H28N2O5/c29-23(28-26(13-14-26)24(30)31)16-9-11-17(12-10-16)27-25(32)33-15-22-20-7-3-1-5-18(20)19-6-2-4-8-21(19)22/h1-8,16-17,22H,9-15H2,(H,27,32)(H,28,29)(H,30,31). The predicted octanol–water partition coefficient (Wildman–Crippen LogP) is 3.82. The quantitative estimate of drug-likeness (QED) is 0.623. The van der Waals surface area contributed by atoms with Crippen LogP contribution < -0.4 is 10.6 Å². The third kappa shape index (κ3) is 4.19. The van der Waals surface area contributed by atoms with Gasteiger partial charge in [-0.05, 0) is 60.8 Å². The number of hydrogen-bond donors (Lipinski definition) is 3. The van der Waals surface area contributed by atoms with Crippen LogP contribution in [0, 0.1) is 5.92 Å². The van der Waals surface area contributed by atoms with Gasteiger partial charge in [-0.2, -0.15) is 0 Å². The lowest BCUT2D eigenvalue weighted by molar-refractivity contribution is -0.144. The van der Waals surface area contributed by atoms with Gasteiger partial charge in [0.2, 0.25) is 5.91 Å². The van der Waals surface area contributed by atoms with E-state index in [1.54, 1.807) is 0 Å². The fourth-order valence-corrected chi connectivity index (χ4v) is 5.16. The van der Waals surface area contributed by atoms with Gasteiger partial charge in [-0.1, -0.05) is 48.5 Å². The summed E-state index contributed by atoms with van der Waals surface area (Å²) in [5, 5.41) is 14.9. The second-order valence-corrected chi connectivity index (χ2v) is 9.39. The molecule has 0 saturated heterocycles. The van der Waals surface area contributed by atoms with E-state index in [4.69, 9.17) is 4.74 Å². The molecule has 2 fully saturated rings. The maximum absolute atomic E-state index is 12.5. The number of carbonyl (C=O) groups is 3. The lowest BCUT2D eigenvalue weighted by Crippen LogP contribution is -2.47. The number of carbonyl (C=O) groups excluding carboxylic acids is 2. The highest BCUT2D eigenvalue weighted by atomic mass is 16.5. The van der Waals surface area contributed by atoms with Gasteiger partial charge in [0.25, 0.3) is 0 Å². The van der Waals surface area contributed by atoms with Gasteiger partial charge < -0.3 is 20.5 Å². The molecule has 2 saturated carbocycles. The molecule has 2 amide bonds. The Labute approximate surface area is 192 Å². The zero-order chi connectivity index (χ0) is 23.0. The van der Waals surface area contributed by atoms with E-state index < -0.39 is 17.6 Å².